The highest BCUT2D eigenvalue weighted by Crippen LogP contribution is 2.28. The summed E-state index contributed by atoms with van der Waals surface area (Å²) in [5.41, 5.74) is 7.35. The third-order valence-corrected chi connectivity index (χ3v) is 3.84. The van der Waals surface area contributed by atoms with Gasteiger partial charge in [0.15, 0.2) is 0 Å². The van der Waals surface area contributed by atoms with Crippen molar-refractivity contribution in [3.8, 4) is 11.5 Å². The first kappa shape index (κ1) is 16.4. The number of rotatable bonds is 6. The van der Waals surface area contributed by atoms with Crippen molar-refractivity contribution in [2.45, 2.75) is 13.1 Å². The lowest BCUT2D eigenvalue weighted by Gasteiger charge is -2.11. The standard InChI is InChI=1S/C18H21FN4O/c1-22(2)7-8-23-17-5-4-16(10-14(17)12-21-23)24-18-6-3-15(19)9-13(18)11-20/h3-6,9-10,12H,7-8,11,20H2,1-2H3. The van der Waals surface area contributed by atoms with Crippen LogP contribution in [-0.2, 0) is 13.1 Å². The summed E-state index contributed by atoms with van der Waals surface area (Å²) in [6.07, 6.45) is 1.83. The SMILES string of the molecule is CN(C)CCn1ncc2cc(Oc3ccc(F)cc3CN)ccc21. The molecule has 1 heterocycles. The van der Waals surface area contributed by atoms with E-state index in [1.807, 2.05) is 43.2 Å². The van der Waals surface area contributed by atoms with E-state index in [9.17, 15) is 4.39 Å². The Morgan fingerprint density at radius 2 is 2.04 bits per heavy atom. The Kier molecular flexibility index (Phi) is 4.78. The normalized spacial score (nSPS) is 11.4. The molecule has 0 saturated heterocycles. The van der Waals surface area contributed by atoms with Crippen molar-refractivity contribution in [1.82, 2.24) is 14.7 Å². The predicted molar refractivity (Wildman–Crippen MR) is 92.7 cm³/mol. The van der Waals surface area contributed by atoms with Gasteiger partial charge in [0.25, 0.3) is 0 Å². The molecule has 0 saturated carbocycles. The summed E-state index contributed by atoms with van der Waals surface area (Å²) in [5.74, 6) is 0.926. The Bertz CT molecular complexity index is 844. The molecule has 2 aromatic carbocycles. The molecule has 126 valence electrons. The quantitative estimate of drug-likeness (QED) is 0.756. The molecule has 2 N–H and O–H groups in total. The first-order valence-electron chi connectivity index (χ1n) is 7.83. The highest BCUT2D eigenvalue weighted by Gasteiger charge is 2.08. The van der Waals surface area contributed by atoms with E-state index in [1.165, 1.54) is 12.1 Å². The molecule has 0 aliphatic carbocycles. The number of nitrogens with two attached hydrogens (primary N) is 1. The lowest BCUT2D eigenvalue weighted by Crippen LogP contribution is -2.18. The summed E-state index contributed by atoms with van der Waals surface area (Å²) in [6.45, 7) is 1.97. The van der Waals surface area contributed by atoms with E-state index in [-0.39, 0.29) is 12.4 Å². The summed E-state index contributed by atoms with van der Waals surface area (Å²) in [6, 6.07) is 10.2. The molecule has 0 radical (unpaired) electrons. The first-order chi connectivity index (χ1) is 11.6. The van der Waals surface area contributed by atoms with Crippen LogP contribution < -0.4 is 10.5 Å². The van der Waals surface area contributed by atoms with Crippen molar-refractivity contribution in [3.63, 3.8) is 0 Å². The molecule has 0 aliphatic rings. The Hall–Kier alpha value is -2.44. The molecular formula is C18H21FN4O. The first-order valence-corrected chi connectivity index (χ1v) is 7.83. The van der Waals surface area contributed by atoms with E-state index in [2.05, 4.69) is 10.00 Å². The van der Waals surface area contributed by atoms with Gasteiger partial charge in [-0.3, -0.25) is 4.68 Å². The lowest BCUT2D eigenvalue weighted by molar-refractivity contribution is 0.377. The number of benzene rings is 2. The molecule has 0 atom stereocenters. The Morgan fingerprint density at radius 1 is 1.21 bits per heavy atom. The topological polar surface area (TPSA) is 56.3 Å². The fourth-order valence-corrected chi connectivity index (χ4v) is 2.54. The van der Waals surface area contributed by atoms with Gasteiger partial charge in [0.05, 0.1) is 18.3 Å². The minimum Gasteiger partial charge on any atom is -0.457 e. The number of hydrogen-bond donors (Lipinski definition) is 1. The molecule has 3 aromatic rings. The maximum Gasteiger partial charge on any atom is 0.132 e. The van der Waals surface area contributed by atoms with Crippen LogP contribution in [0.2, 0.25) is 0 Å². The maximum atomic E-state index is 13.3. The van der Waals surface area contributed by atoms with Crippen LogP contribution in [0.4, 0.5) is 4.39 Å². The van der Waals surface area contributed by atoms with E-state index < -0.39 is 0 Å². The molecule has 0 amide bonds. The molecule has 1 aromatic heterocycles. The average Bonchev–Trinajstić information content (AvgIpc) is 2.97. The van der Waals surface area contributed by atoms with Crippen molar-refractivity contribution in [3.05, 3.63) is 54.0 Å². The zero-order valence-electron chi connectivity index (χ0n) is 13.9. The highest BCUT2D eigenvalue weighted by atomic mass is 19.1. The highest BCUT2D eigenvalue weighted by molar-refractivity contribution is 5.80. The fraction of sp³-hybridized carbons (Fsp3) is 0.278. The van der Waals surface area contributed by atoms with Crippen molar-refractivity contribution in [2.75, 3.05) is 20.6 Å². The minimum absolute atomic E-state index is 0.220. The number of halogens is 1. The third-order valence-electron chi connectivity index (χ3n) is 3.84. The predicted octanol–water partition coefficient (Wildman–Crippen LogP) is 2.99. The Balaban J connectivity index is 1.84. The number of aromatic nitrogens is 2. The summed E-state index contributed by atoms with van der Waals surface area (Å²) in [4.78, 5) is 2.12. The van der Waals surface area contributed by atoms with Crippen molar-refractivity contribution in [2.24, 2.45) is 5.73 Å². The van der Waals surface area contributed by atoms with Gasteiger partial charge in [-0.25, -0.2) is 4.39 Å². The summed E-state index contributed by atoms with van der Waals surface area (Å²) in [5, 5.41) is 5.43. The molecule has 3 rings (SSSR count). The Labute approximate surface area is 140 Å². The molecule has 24 heavy (non-hydrogen) atoms. The monoisotopic (exact) mass is 328 g/mol. The summed E-state index contributed by atoms with van der Waals surface area (Å²) in [7, 11) is 4.07. The van der Waals surface area contributed by atoms with Crippen molar-refractivity contribution >= 4 is 10.9 Å². The molecule has 0 aliphatic heterocycles. The second-order valence-corrected chi connectivity index (χ2v) is 5.95. The van der Waals surface area contributed by atoms with E-state index in [0.29, 0.717) is 17.1 Å². The second-order valence-electron chi connectivity index (χ2n) is 5.95. The van der Waals surface area contributed by atoms with Crippen LogP contribution in [0, 0.1) is 5.82 Å². The van der Waals surface area contributed by atoms with Gasteiger partial charge in [-0.05, 0) is 50.5 Å². The average molecular weight is 328 g/mol. The van der Waals surface area contributed by atoms with Crippen LogP contribution in [0.25, 0.3) is 10.9 Å². The van der Waals surface area contributed by atoms with Crippen LogP contribution >= 0.6 is 0 Å². The van der Waals surface area contributed by atoms with Gasteiger partial charge >= 0.3 is 0 Å². The number of likely N-dealkylation sites (N-methyl/N-ethyl adjacent to an activating group) is 1. The summed E-state index contributed by atoms with van der Waals surface area (Å²) >= 11 is 0. The molecule has 0 fully saturated rings. The molecule has 5 nitrogen and oxygen atoms in total. The van der Waals surface area contributed by atoms with E-state index >= 15 is 0 Å². The number of nitrogens with zero attached hydrogens (tertiary/aromatic N) is 3. The summed E-state index contributed by atoms with van der Waals surface area (Å²) < 4.78 is 21.1. The third kappa shape index (κ3) is 3.55. The lowest BCUT2D eigenvalue weighted by atomic mass is 10.2. The van der Waals surface area contributed by atoms with E-state index in [0.717, 1.165) is 24.0 Å². The van der Waals surface area contributed by atoms with Gasteiger partial charge < -0.3 is 15.4 Å². The molecule has 0 bridgehead atoms. The fourth-order valence-electron chi connectivity index (χ4n) is 2.54. The molecule has 6 heteroatoms. The number of ether oxygens (including phenoxy) is 1. The number of fused-ring (bicyclic) bond motifs is 1. The Morgan fingerprint density at radius 3 is 2.79 bits per heavy atom. The maximum absolute atomic E-state index is 13.3. The largest absolute Gasteiger partial charge is 0.457 e. The molecular weight excluding hydrogens is 307 g/mol. The van der Waals surface area contributed by atoms with Crippen LogP contribution in [0.3, 0.4) is 0 Å². The van der Waals surface area contributed by atoms with Crippen molar-refractivity contribution < 1.29 is 9.13 Å². The zero-order chi connectivity index (χ0) is 17.1. The van der Waals surface area contributed by atoms with Gasteiger partial charge in [0, 0.05) is 24.0 Å². The van der Waals surface area contributed by atoms with Crippen LogP contribution in [-0.4, -0.2) is 35.3 Å². The number of hydrogen-bond acceptors (Lipinski definition) is 4. The van der Waals surface area contributed by atoms with Gasteiger partial charge in [-0.2, -0.15) is 5.10 Å². The molecule has 0 spiro atoms. The van der Waals surface area contributed by atoms with Gasteiger partial charge in [0.2, 0.25) is 0 Å². The van der Waals surface area contributed by atoms with E-state index in [1.54, 1.807) is 6.07 Å². The zero-order valence-corrected chi connectivity index (χ0v) is 13.9. The van der Waals surface area contributed by atoms with Gasteiger partial charge in [0.1, 0.15) is 17.3 Å². The van der Waals surface area contributed by atoms with Crippen LogP contribution in [0.5, 0.6) is 11.5 Å². The van der Waals surface area contributed by atoms with Crippen LogP contribution in [0.1, 0.15) is 5.56 Å². The van der Waals surface area contributed by atoms with Gasteiger partial charge in [-0.1, -0.05) is 0 Å². The van der Waals surface area contributed by atoms with Crippen LogP contribution in [0.15, 0.2) is 42.6 Å². The second kappa shape index (κ2) is 6.98. The van der Waals surface area contributed by atoms with E-state index in [4.69, 9.17) is 10.5 Å². The molecule has 0 unspecified atom stereocenters. The minimum atomic E-state index is -0.319. The van der Waals surface area contributed by atoms with Crippen molar-refractivity contribution in [1.29, 1.82) is 0 Å². The smallest absolute Gasteiger partial charge is 0.132 e. The van der Waals surface area contributed by atoms with Gasteiger partial charge in [-0.15, -0.1) is 0 Å².